The molecule has 1 spiro atoms. The normalized spacial score (nSPS) is 19.3. The molecule has 4 aromatic rings. The Balaban J connectivity index is 0.812. The van der Waals surface area contributed by atoms with Crippen LogP contribution in [0.15, 0.2) is 54.7 Å². The predicted molar refractivity (Wildman–Crippen MR) is 219 cm³/mol. The van der Waals surface area contributed by atoms with Crippen molar-refractivity contribution < 1.29 is 42.2 Å². The number of likely N-dealkylation sites (tertiary alicyclic amines) is 3. The fraction of sp³-hybridized carbons (Fsp3) is 0.488. The Bertz CT molecular complexity index is 2340. The number of fused-ring (bicyclic) bond motifs is 1. The highest BCUT2D eigenvalue weighted by Crippen LogP contribution is 2.42. The van der Waals surface area contributed by atoms with Crippen molar-refractivity contribution in [2.24, 2.45) is 5.41 Å². The van der Waals surface area contributed by atoms with Gasteiger partial charge in [0, 0.05) is 86.0 Å². The minimum atomic E-state index is -4.70. The summed E-state index contributed by atoms with van der Waals surface area (Å²) in [6.07, 6.45) is 1.21. The molecular formula is C43H50F3N9O6. The zero-order valence-corrected chi connectivity index (χ0v) is 34.4. The van der Waals surface area contributed by atoms with Gasteiger partial charge in [-0.25, -0.2) is 9.78 Å². The number of alkyl halides is 3. The number of halogens is 3. The van der Waals surface area contributed by atoms with Crippen molar-refractivity contribution in [3.05, 3.63) is 77.2 Å². The number of carbonyl (C=O) groups is 4. The molecule has 324 valence electrons. The van der Waals surface area contributed by atoms with Gasteiger partial charge < -0.3 is 29.9 Å². The zero-order chi connectivity index (χ0) is 43.3. The molecule has 0 saturated carbocycles. The first-order chi connectivity index (χ1) is 29.0. The van der Waals surface area contributed by atoms with Crippen molar-refractivity contribution in [2.75, 3.05) is 76.2 Å². The van der Waals surface area contributed by atoms with E-state index in [0.717, 1.165) is 82.5 Å². The number of aromatic nitrogens is 3. The van der Waals surface area contributed by atoms with Crippen molar-refractivity contribution in [3.63, 3.8) is 0 Å². The predicted octanol–water partition coefficient (Wildman–Crippen LogP) is 5.26. The molecular weight excluding hydrogens is 796 g/mol. The van der Waals surface area contributed by atoms with E-state index < -0.39 is 35.1 Å². The Labute approximate surface area is 350 Å². The molecule has 4 aliphatic heterocycles. The van der Waals surface area contributed by atoms with Gasteiger partial charge in [0.1, 0.15) is 17.1 Å². The summed E-state index contributed by atoms with van der Waals surface area (Å²) >= 11 is 0. The van der Waals surface area contributed by atoms with Crippen LogP contribution in [0.5, 0.6) is 5.75 Å². The lowest BCUT2D eigenvalue weighted by Gasteiger charge is -2.54. The topological polar surface area (TPSA) is 165 Å². The fourth-order valence-corrected chi connectivity index (χ4v) is 8.97. The van der Waals surface area contributed by atoms with Gasteiger partial charge in [0.15, 0.2) is 0 Å². The molecule has 5 amide bonds. The first kappa shape index (κ1) is 42.1. The lowest BCUT2D eigenvalue weighted by molar-refractivity contribution is -0.141. The minimum Gasteiger partial charge on any atom is -0.495 e. The van der Waals surface area contributed by atoms with Crippen molar-refractivity contribution in [1.82, 2.24) is 34.8 Å². The van der Waals surface area contributed by atoms with Crippen LogP contribution in [-0.4, -0.2) is 124 Å². The van der Waals surface area contributed by atoms with Crippen LogP contribution in [0.3, 0.4) is 0 Å². The average molecular weight is 846 g/mol. The number of amides is 5. The molecule has 15 nitrogen and oxygen atoms in total. The highest BCUT2D eigenvalue weighted by Gasteiger charge is 2.47. The number of imide groups is 1. The standard InChI is InChI=1S/C43H50F3N9O6/c1-41(2,60)30-23-32-28(21-33(30)48-38(57)31-5-4-6-36(47-31)43(44,45)46)24-55(50-32)29-9-14-51(15-10-29)19-20-52-17-12-42(13-18-52)25-53(26-42)39(58)27-7-8-35(61-3)34(22-27)54-16-11-37(56)49-40(54)59/h4-8,21-24,29,60H,9-20,25-26H2,1-3H3,(H,48,57)(H,49,56,59). The number of nitrogens with zero attached hydrogens (tertiary/aromatic N) is 7. The number of ether oxygens (including phenoxy) is 1. The van der Waals surface area contributed by atoms with Gasteiger partial charge in [0.25, 0.3) is 11.8 Å². The van der Waals surface area contributed by atoms with E-state index in [2.05, 4.69) is 25.4 Å². The number of carbonyl (C=O) groups excluding carboxylic acids is 4. The Morgan fingerprint density at radius 2 is 1.67 bits per heavy atom. The molecule has 0 unspecified atom stereocenters. The van der Waals surface area contributed by atoms with Gasteiger partial charge in [-0.3, -0.25) is 29.3 Å². The van der Waals surface area contributed by atoms with Crippen LogP contribution in [-0.2, 0) is 16.6 Å². The van der Waals surface area contributed by atoms with Gasteiger partial charge in [0.05, 0.1) is 30.0 Å². The number of piperidine rings is 2. The molecule has 4 saturated heterocycles. The quantitative estimate of drug-likeness (QED) is 0.192. The van der Waals surface area contributed by atoms with Gasteiger partial charge in [0.2, 0.25) is 5.91 Å². The van der Waals surface area contributed by atoms with Gasteiger partial charge >= 0.3 is 12.2 Å². The summed E-state index contributed by atoms with van der Waals surface area (Å²) in [4.78, 5) is 62.6. The van der Waals surface area contributed by atoms with Crippen LogP contribution in [0.25, 0.3) is 10.9 Å². The van der Waals surface area contributed by atoms with Crippen LogP contribution in [0.1, 0.15) is 84.1 Å². The maximum atomic E-state index is 13.5. The molecule has 2 aromatic carbocycles. The summed E-state index contributed by atoms with van der Waals surface area (Å²) in [5.41, 5.74) is -0.623. The summed E-state index contributed by atoms with van der Waals surface area (Å²) in [6.45, 7) is 10.4. The maximum Gasteiger partial charge on any atom is 0.433 e. The van der Waals surface area contributed by atoms with Crippen molar-refractivity contribution in [3.8, 4) is 5.75 Å². The second-order valence-corrected chi connectivity index (χ2v) is 17.2. The van der Waals surface area contributed by atoms with E-state index in [0.29, 0.717) is 41.2 Å². The molecule has 4 fully saturated rings. The number of methoxy groups -OCH3 is 1. The van der Waals surface area contributed by atoms with Crippen LogP contribution >= 0.6 is 0 Å². The number of urea groups is 1. The van der Waals surface area contributed by atoms with Gasteiger partial charge in [-0.15, -0.1) is 0 Å². The molecule has 2 aromatic heterocycles. The summed E-state index contributed by atoms with van der Waals surface area (Å²) < 4.78 is 47.2. The Hall–Kier alpha value is -5.59. The van der Waals surface area contributed by atoms with E-state index in [-0.39, 0.29) is 41.9 Å². The summed E-state index contributed by atoms with van der Waals surface area (Å²) in [5.74, 6) is -0.786. The molecule has 0 bridgehead atoms. The SMILES string of the molecule is COc1ccc(C(=O)N2CC3(CCN(CCN4CCC(n5cc6cc(NC(=O)c7cccc(C(F)(F)F)n7)c(C(C)(C)O)cc6n5)CC4)CC3)C2)cc1N1CCC(=O)NC1=O. The van der Waals surface area contributed by atoms with Crippen LogP contribution < -0.4 is 20.3 Å². The van der Waals surface area contributed by atoms with E-state index in [1.54, 1.807) is 44.2 Å². The molecule has 18 heteroatoms. The third-order valence-electron chi connectivity index (χ3n) is 12.5. The largest absolute Gasteiger partial charge is 0.495 e. The second kappa shape index (κ2) is 16.4. The van der Waals surface area contributed by atoms with E-state index in [1.807, 2.05) is 15.8 Å². The monoisotopic (exact) mass is 845 g/mol. The molecule has 61 heavy (non-hydrogen) atoms. The van der Waals surface area contributed by atoms with Gasteiger partial charge in [-0.05, 0) is 95.1 Å². The lowest BCUT2D eigenvalue weighted by Crippen LogP contribution is -2.62. The molecule has 0 atom stereocenters. The van der Waals surface area contributed by atoms with Crippen molar-refractivity contribution >= 4 is 46.0 Å². The zero-order valence-electron chi connectivity index (χ0n) is 34.4. The fourth-order valence-electron chi connectivity index (χ4n) is 8.97. The Morgan fingerprint density at radius 1 is 0.967 bits per heavy atom. The molecule has 4 aliphatic rings. The van der Waals surface area contributed by atoms with Crippen molar-refractivity contribution in [2.45, 2.75) is 63.8 Å². The minimum absolute atomic E-state index is 0.0839. The summed E-state index contributed by atoms with van der Waals surface area (Å²) in [7, 11) is 1.50. The number of rotatable bonds is 10. The third-order valence-corrected chi connectivity index (χ3v) is 12.5. The first-order valence-corrected chi connectivity index (χ1v) is 20.6. The number of aliphatic hydroxyl groups is 1. The smallest absolute Gasteiger partial charge is 0.433 e. The van der Waals surface area contributed by atoms with Crippen LogP contribution in [0.2, 0.25) is 0 Å². The van der Waals surface area contributed by atoms with E-state index in [1.165, 1.54) is 18.1 Å². The number of hydrogen-bond acceptors (Lipinski definition) is 10. The van der Waals surface area contributed by atoms with Gasteiger partial charge in [-0.1, -0.05) is 6.07 Å². The number of nitrogens with one attached hydrogen (secondary N) is 2. The molecule has 8 rings (SSSR count). The molecule has 6 heterocycles. The molecule has 0 aliphatic carbocycles. The van der Waals surface area contributed by atoms with Crippen LogP contribution in [0, 0.1) is 5.41 Å². The number of pyridine rings is 1. The first-order valence-electron chi connectivity index (χ1n) is 20.6. The maximum absolute atomic E-state index is 13.5. The Morgan fingerprint density at radius 3 is 2.33 bits per heavy atom. The van der Waals surface area contributed by atoms with E-state index in [9.17, 15) is 37.5 Å². The molecule has 3 N–H and O–H groups in total. The Kier molecular flexibility index (Phi) is 11.3. The number of anilines is 2. The molecule has 0 radical (unpaired) electrons. The number of benzene rings is 2. The highest BCUT2D eigenvalue weighted by molar-refractivity contribution is 6.07. The highest BCUT2D eigenvalue weighted by atomic mass is 19.4. The van der Waals surface area contributed by atoms with Crippen molar-refractivity contribution in [1.29, 1.82) is 0 Å². The second-order valence-electron chi connectivity index (χ2n) is 17.2. The lowest BCUT2D eigenvalue weighted by atomic mass is 9.71. The van der Waals surface area contributed by atoms with Crippen LogP contribution in [0.4, 0.5) is 29.3 Å². The van der Waals surface area contributed by atoms with E-state index >= 15 is 0 Å². The average Bonchev–Trinajstić information content (AvgIpc) is 3.64. The van der Waals surface area contributed by atoms with Gasteiger partial charge in [-0.2, -0.15) is 18.3 Å². The van der Waals surface area contributed by atoms with E-state index in [4.69, 9.17) is 9.84 Å². The summed E-state index contributed by atoms with van der Waals surface area (Å²) in [6, 6.07) is 11.2. The third kappa shape index (κ3) is 8.92. The summed E-state index contributed by atoms with van der Waals surface area (Å²) in [5, 5.41) is 21.5. The number of hydrogen-bond donors (Lipinski definition) is 3.